The van der Waals surface area contributed by atoms with Gasteiger partial charge in [-0.3, -0.25) is 0 Å². The van der Waals surface area contributed by atoms with Crippen LogP contribution < -0.4 is 5.32 Å². The van der Waals surface area contributed by atoms with E-state index in [0.29, 0.717) is 12.1 Å². The minimum absolute atomic E-state index is 0.426. The van der Waals surface area contributed by atoms with Crippen LogP contribution in [-0.4, -0.2) is 12.1 Å². The lowest BCUT2D eigenvalue weighted by Gasteiger charge is -2.29. The van der Waals surface area contributed by atoms with Crippen LogP contribution in [0.15, 0.2) is 67.3 Å². The molecule has 1 aliphatic heterocycles. The molecule has 1 heteroatoms. The molecule has 0 saturated heterocycles. The first-order chi connectivity index (χ1) is 9.31. The van der Waals surface area contributed by atoms with Gasteiger partial charge in [-0.15, -0.1) is 13.2 Å². The van der Waals surface area contributed by atoms with Gasteiger partial charge in [-0.05, 0) is 31.2 Å². The van der Waals surface area contributed by atoms with E-state index in [-0.39, 0.29) is 0 Å². The summed E-state index contributed by atoms with van der Waals surface area (Å²) in [6, 6.07) is 11.6. The molecule has 0 bridgehead atoms. The predicted molar refractivity (Wildman–Crippen MR) is 83.2 cm³/mol. The summed E-state index contributed by atoms with van der Waals surface area (Å²) in [5.41, 5.74) is 2.93. The number of nitrogens with one attached hydrogen (secondary N) is 1. The van der Waals surface area contributed by atoms with E-state index in [2.05, 4.69) is 54.9 Å². The summed E-state index contributed by atoms with van der Waals surface area (Å²) < 4.78 is 0. The van der Waals surface area contributed by atoms with Gasteiger partial charge in [0.15, 0.2) is 0 Å². The Morgan fingerprint density at radius 3 is 2.53 bits per heavy atom. The third-order valence-corrected chi connectivity index (χ3v) is 3.54. The molecule has 0 radical (unpaired) electrons. The van der Waals surface area contributed by atoms with Crippen LogP contribution in [0.1, 0.15) is 24.8 Å². The van der Waals surface area contributed by atoms with Crippen LogP contribution in [0, 0.1) is 0 Å². The molecule has 1 nitrogen and oxygen atoms in total. The van der Waals surface area contributed by atoms with Crippen molar-refractivity contribution in [2.24, 2.45) is 0 Å². The monoisotopic (exact) mass is 253 g/mol. The van der Waals surface area contributed by atoms with Crippen molar-refractivity contribution in [3.8, 4) is 0 Å². The van der Waals surface area contributed by atoms with Crippen molar-refractivity contribution >= 4 is 0 Å². The van der Waals surface area contributed by atoms with Crippen molar-refractivity contribution in [3.63, 3.8) is 0 Å². The summed E-state index contributed by atoms with van der Waals surface area (Å²) in [5, 5.41) is 3.65. The molecule has 1 aromatic rings. The Morgan fingerprint density at radius 1 is 1.11 bits per heavy atom. The molecule has 0 aromatic heterocycles. The predicted octanol–water partition coefficient (Wildman–Crippen LogP) is 4.04. The van der Waals surface area contributed by atoms with Crippen molar-refractivity contribution in [1.82, 2.24) is 5.32 Å². The zero-order valence-corrected chi connectivity index (χ0v) is 11.5. The van der Waals surface area contributed by atoms with Crippen LogP contribution in [0.3, 0.4) is 0 Å². The molecule has 1 N–H and O–H groups in total. The van der Waals surface area contributed by atoms with Crippen molar-refractivity contribution < 1.29 is 0 Å². The average molecular weight is 253 g/mol. The molecule has 1 heterocycles. The first-order valence-corrected chi connectivity index (χ1v) is 7.03. The summed E-state index contributed by atoms with van der Waals surface area (Å²) >= 11 is 0. The highest BCUT2D eigenvalue weighted by atomic mass is 15.0. The SMILES string of the molecule is C=CC[C@@H]1CC(Cc2ccccc2)=C[C@H](CC=C)N1. The zero-order valence-electron chi connectivity index (χ0n) is 11.5. The van der Waals surface area contributed by atoms with Crippen molar-refractivity contribution in [2.75, 3.05) is 0 Å². The Hall–Kier alpha value is -1.60. The molecular weight excluding hydrogens is 230 g/mol. The Kier molecular flexibility index (Phi) is 5.17. The zero-order chi connectivity index (χ0) is 13.5. The Labute approximate surface area is 116 Å². The smallest absolute Gasteiger partial charge is 0.0289 e. The highest BCUT2D eigenvalue weighted by Gasteiger charge is 2.19. The van der Waals surface area contributed by atoms with Crippen LogP contribution in [-0.2, 0) is 6.42 Å². The molecule has 100 valence electrons. The van der Waals surface area contributed by atoms with E-state index in [1.165, 1.54) is 11.1 Å². The molecule has 0 aliphatic carbocycles. The largest absolute Gasteiger partial charge is 0.307 e. The van der Waals surface area contributed by atoms with E-state index in [1.807, 2.05) is 12.2 Å². The second-order valence-electron chi connectivity index (χ2n) is 5.21. The van der Waals surface area contributed by atoms with E-state index in [4.69, 9.17) is 0 Å². The van der Waals surface area contributed by atoms with Gasteiger partial charge in [-0.25, -0.2) is 0 Å². The van der Waals surface area contributed by atoms with Gasteiger partial charge in [0, 0.05) is 12.1 Å². The normalized spacial score (nSPS) is 22.6. The molecule has 1 aliphatic rings. The average Bonchev–Trinajstić information content (AvgIpc) is 2.40. The van der Waals surface area contributed by atoms with Crippen molar-refractivity contribution in [3.05, 3.63) is 72.9 Å². The second-order valence-corrected chi connectivity index (χ2v) is 5.21. The van der Waals surface area contributed by atoms with Crippen LogP contribution in [0.25, 0.3) is 0 Å². The van der Waals surface area contributed by atoms with Crippen LogP contribution in [0.5, 0.6) is 0 Å². The van der Waals surface area contributed by atoms with Gasteiger partial charge in [0.1, 0.15) is 0 Å². The van der Waals surface area contributed by atoms with E-state index in [9.17, 15) is 0 Å². The fourth-order valence-electron chi connectivity index (χ4n) is 2.74. The van der Waals surface area contributed by atoms with Crippen LogP contribution in [0.2, 0.25) is 0 Å². The molecule has 2 rings (SSSR count). The Balaban J connectivity index is 2.07. The summed E-state index contributed by atoms with van der Waals surface area (Å²) in [6.45, 7) is 7.70. The van der Waals surface area contributed by atoms with Gasteiger partial charge in [0.2, 0.25) is 0 Å². The van der Waals surface area contributed by atoms with Gasteiger partial charge in [0.05, 0.1) is 0 Å². The van der Waals surface area contributed by atoms with Gasteiger partial charge < -0.3 is 5.32 Å². The van der Waals surface area contributed by atoms with E-state index in [1.54, 1.807) is 0 Å². The minimum atomic E-state index is 0.426. The fourth-order valence-corrected chi connectivity index (χ4v) is 2.74. The summed E-state index contributed by atoms with van der Waals surface area (Å²) in [7, 11) is 0. The molecule has 19 heavy (non-hydrogen) atoms. The molecule has 0 spiro atoms. The van der Waals surface area contributed by atoms with Crippen LogP contribution in [0.4, 0.5) is 0 Å². The maximum atomic E-state index is 3.86. The van der Waals surface area contributed by atoms with Crippen molar-refractivity contribution in [1.29, 1.82) is 0 Å². The lowest BCUT2D eigenvalue weighted by Crippen LogP contribution is -2.40. The van der Waals surface area contributed by atoms with Gasteiger partial charge >= 0.3 is 0 Å². The van der Waals surface area contributed by atoms with E-state index in [0.717, 1.165) is 25.7 Å². The third kappa shape index (κ3) is 4.22. The molecule has 0 unspecified atom stereocenters. The molecule has 0 saturated carbocycles. The van der Waals surface area contributed by atoms with Crippen LogP contribution >= 0.6 is 0 Å². The lowest BCUT2D eigenvalue weighted by atomic mass is 9.90. The molecule has 2 atom stereocenters. The maximum Gasteiger partial charge on any atom is 0.0289 e. The van der Waals surface area contributed by atoms with E-state index < -0.39 is 0 Å². The third-order valence-electron chi connectivity index (χ3n) is 3.54. The van der Waals surface area contributed by atoms with Gasteiger partial charge in [-0.2, -0.15) is 0 Å². The molecule has 1 aromatic carbocycles. The topological polar surface area (TPSA) is 12.0 Å². The van der Waals surface area contributed by atoms with Crippen molar-refractivity contribution in [2.45, 2.75) is 37.8 Å². The quantitative estimate of drug-likeness (QED) is 0.755. The second kappa shape index (κ2) is 7.10. The Bertz CT molecular complexity index is 444. The maximum absolute atomic E-state index is 3.86. The number of hydrogen-bond acceptors (Lipinski definition) is 1. The summed E-state index contributed by atoms with van der Waals surface area (Å²) in [5.74, 6) is 0. The number of benzene rings is 1. The van der Waals surface area contributed by atoms with Gasteiger partial charge in [0.25, 0.3) is 0 Å². The standard InChI is InChI=1S/C18H23N/c1-3-8-17-13-16(14-18(19-17)9-4-2)12-15-10-6-5-7-11-15/h3-7,10-11,13,17-19H,1-2,8-9,12,14H2/t17-,18+/m0/s1. The fraction of sp³-hybridized carbons (Fsp3) is 0.333. The first-order valence-electron chi connectivity index (χ1n) is 7.03. The highest BCUT2D eigenvalue weighted by Crippen LogP contribution is 2.21. The molecule has 0 fully saturated rings. The number of rotatable bonds is 6. The summed E-state index contributed by atoms with van der Waals surface area (Å²) in [4.78, 5) is 0. The highest BCUT2D eigenvalue weighted by molar-refractivity contribution is 5.25. The van der Waals surface area contributed by atoms with E-state index >= 15 is 0 Å². The lowest BCUT2D eigenvalue weighted by molar-refractivity contribution is 0.440. The van der Waals surface area contributed by atoms with Gasteiger partial charge in [-0.1, -0.05) is 54.1 Å². The minimum Gasteiger partial charge on any atom is -0.307 e. The molecular formula is C18H23N. The number of hydrogen-bond donors (Lipinski definition) is 1. The molecule has 0 amide bonds. The Morgan fingerprint density at radius 2 is 1.84 bits per heavy atom. The first kappa shape index (κ1) is 13.8. The summed E-state index contributed by atoms with van der Waals surface area (Å²) in [6.07, 6.45) is 10.6.